The minimum atomic E-state index is -1.46. The lowest BCUT2D eigenvalue weighted by atomic mass is 9.79. The first-order valence-electron chi connectivity index (χ1n) is 6.47. The zero-order valence-electron chi connectivity index (χ0n) is 12.1. The quantitative estimate of drug-likeness (QED) is 0.561. The summed E-state index contributed by atoms with van der Waals surface area (Å²) in [5, 5.41) is 28.9. The van der Waals surface area contributed by atoms with E-state index in [9.17, 15) is 29.7 Å². The molecule has 1 aliphatic carbocycles. The van der Waals surface area contributed by atoms with Crippen LogP contribution in [0.15, 0.2) is 0 Å². The number of aliphatic carboxylic acids is 1. The minimum Gasteiger partial charge on any atom is -0.481 e. The van der Waals surface area contributed by atoms with Gasteiger partial charge in [-0.3, -0.25) is 14.4 Å². The third-order valence-corrected chi connectivity index (χ3v) is 3.91. The third-order valence-electron chi connectivity index (χ3n) is 3.91. The molecule has 0 spiro atoms. The minimum absolute atomic E-state index is 0.137. The first-order valence-corrected chi connectivity index (χ1v) is 6.47. The van der Waals surface area contributed by atoms with Crippen molar-refractivity contribution in [3.63, 3.8) is 0 Å². The predicted octanol–water partition coefficient (Wildman–Crippen LogP) is -0.829. The molecule has 0 bridgehead atoms. The number of carbonyl (C=O) groups excluding carboxylic acids is 2. The van der Waals surface area contributed by atoms with Gasteiger partial charge in [0.05, 0.1) is 25.7 Å². The Labute approximate surface area is 121 Å². The Morgan fingerprint density at radius 2 is 1.95 bits per heavy atom. The molecule has 3 N–H and O–H groups in total. The molecular formula is C13H20O8. The van der Waals surface area contributed by atoms with Gasteiger partial charge in [-0.2, -0.15) is 0 Å². The van der Waals surface area contributed by atoms with E-state index >= 15 is 0 Å². The molecule has 0 aromatic heterocycles. The zero-order valence-corrected chi connectivity index (χ0v) is 12.1. The van der Waals surface area contributed by atoms with Gasteiger partial charge in [0.2, 0.25) is 0 Å². The van der Waals surface area contributed by atoms with E-state index < -0.39 is 54.0 Å². The fraction of sp³-hybridized carbons (Fsp3) is 0.769. The summed E-state index contributed by atoms with van der Waals surface area (Å²) >= 11 is 0. The molecule has 0 aromatic carbocycles. The van der Waals surface area contributed by atoms with Crippen LogP contribution in [0.1, 0.15) is 20.3 Å². The van der Waals surface area contributed by atoms with Gasteiger partial charge in [-0.15, -0.1) is 0 Å². The topological polar surface area (TPSA) is 130 Å². The lowest BCUT2D eigenvalue weighted by molar-refractivity contribution is -0.170. The lowest BCUT2D eigenvalue weighted by Crippen LogP contribution is -2.45. The molecule has 1 saturated carbocycles. The van der Waals surface area contributed by atoms with Crippen LogP contribution in [-0.2, 0) is 23.9 Å². The van der Waals surface area contributed by atoms with Gasteiger partial charge in [0, 0.05) is 19.3 Å². The number of carbonyl (C=O) groups is 3. The van der Waals surface area contributed by atoms with Crippen molar-refractivity contribution in [2.45, 2.75) is 32.0 Å². The molecule has 1 rings (SSSR count). The highest BCUT2D eigenvalue weighted by Gasteiger charge is 2.59. The van der Waals surface area contributed by atoms with Crippen LogP contribution >= 0.6 is 0 Å². The van der Waals surface area contributed by atoms with Gasteiger partial charge < -0.3 is 24.8 Å². The van der Waals surface area contributed by atoms with Crippen LogP contribution in [0.2, 0.25) is 0 Å². The van der Waals surface area contributed by atoms with Gasteiger partial charge >= 0.3 is 17.9 Å². The van der Waals surface area contributed by atoms with E-state index in [1.54, 1.807) is 0 Å². The number of methoxy groups -OCH3 is 1. The van der Waals surface area contributed by atoms with Gasteiger partial charge in [0.1, 0.15) is 11.5 Å². The fourth-order valence-corrected chi connectivity index (χ4v) is 3.17. The Hall–Kier alpha value is -1.67. The summed E-state index contributed by atoms with van der Waals surface area (Å²) in [6, 6.07) is 0. The van der Waals surface area contributed by atoms with Crippen LogP contribution in [0.25, 0.3) is 0 Å². The van der Waals surface area contributed by atoms with Crippen molar-refractivity contribution >= 4 is 17.9 Å². The van der Waals surface area contributed by atoms with Gasteiger partial charge in [-0.05, 0) is 6.92 Å². The molecule has 8 heteroatoms. The summed E-state index contributed by atoms with van der Waals surface area (Å²) in [5.74, 6) is -6.46. The Morgan fingerprint density at radius 3 is 2.33 bits per heavy atom. The van der Waals surface area contributed by atoms with E-state index in [0.29, 0.717) is 0 Å². The molecular weight excluding hydrogens is 284 g/mol. The highest BCUT2D eigenvalue weighted by molar-refractivity contribution is 5.78. The van der Waals surface area contributed by atoms with Crippen molar-refractivity contribution in [3.8, 4) is 0 Å². The molecule has 0 saturated heterocycles. The normalized spacial score (nSPS) is 33.3. The van der Waals surface area contributed by atoms with Crippen molar-refractivity contribution in [2.75, 3.05) is 13.7 Å². The number of hydrogen-bond acceptors (Lipinski definition) is 7. The molecule has 0 unspecified atom stereocenters. The molecule has 0 heterocycles. The number of ether oxygens (including phenoxy) is 2. The van der Waals surface area contributed by atoms with Crippen LogP contribution < -0.4 is 0 Å². The molecule has 8 nitrogen and oxygen atoms in total. The van der Waals surface area contributed by atoms with Crippen molar-refractivity contribution in [3.05, 3.63) is 0 Å². The second-order valence-electron chi connectivity index (χ2n) is 5.38. The van der Waals surface area contributed by atoms with Crippen molar-refractivity contribution in [1.29, 1.82) is 0 Å². The van der Waals surface area contributed by atoms with E-state index in [4.69, 9.17) is 4.74 Å². The molecule has 1 fully saturated rings. The first kappa shape index (κ1) is 17.4. The standard InChI is InChI=1S/C13H20O8/c1-6(15)21-13(2)4-8(16)9(10(13)11(17)18)7(5-14)12(19)20-3/h7-10,14,16H,4-5H2,1-3H3,(H,17,18)/t7-,8+,9-,10+,13-/m0/s1. The third kappa shape index (κ3) is 3.33. The Kier molecular flexibility index (Phi) is 5.30. The molecule has 0 aliphatic heterocycles. The van der Waals surface area contributed by atoms with Crippen molar-refractivity contribution in [1.82, 2.24) is 0 Å². The number of esters is 2. The molecule has 21 heavy (non-hydrogen) atoms. The summed E-state index contributed by atoms with van der Waals surface area (Å²) in [5.41, 5.74) is -1.46. The fourth-order valence-electron chi connectivity index (χ4n) is 3.17. The maximum Gasteiger partial charge on any atom is 0.311 e. The average molecular weight is 304 g/mol. The number of carboxylic acids is 1. The predicted molar refractivity (Wildman–Crippen MR) is 68.0 cm³/mol. The van der Waals surface area contributed by atoms with E-state index in [1.165, 1.54) is 6.92 Å². The van der Waals surface area contributed by atoms with Gasteiger partial charge in [0.25, 0.3) is 0 Å². The Morgan fingerprint density at radius 1 is 1.38 bits per heavy atom. The summed E-state index contributed by atoms with van der Waals surface area (Å²) < 4.78 is 9.60. The number of rotatable bonds is 5. The number of hydrogen-bond donors (Lipinski definition) is 3. The van der Waals surface area contributed by atoms with Crippen LogP contribution in [-0.4, -0.2) is 58.6 Å². The van der Waals surface area contributed by atoms with E-state index in [0.717, 1.165) is 14.0 Å². The maximum absolute atomic E-state index is 11.7. The van der Waals surface area contributed by atoms with E-state index in [-0.39, 0.29) is 6.42 Å². The van der Waals surface area contributed by atoms with E-state index in [2.05, 4.69) is 4.74 Å². The largest absolute Gasteiger partial charge is 0.481 e. The van der Waals surface area contributed by atoms with Crippen LogP contribution in [0.5, 0.6) is 0 Å². The van der Waals surface area contributed by atoms with Crippen molar-refractivity contribution < 1.29 is 39.2 Å². The summed E-state index contributed by atoms with van der Waals surface area (Å²) in [4.78, 5) is 34.4. The first-order chi connectivity index (χ1) is 9.67. The lowest BCUT2D eigenvalue weighted by Gasteiger charge is -2.32. The molecule has 120 valence electrons. The molecule has 5 atom stereocenters. The zero-order chi connectivity index (χ0) is 16.4. The van der Waals surface area contributed by atoms with Gasteiger partial charge in [-0.1, -0.05) is 0 Å². The van der Waals surface area contributed by atoms with Crippen LogP contribution in [0.3, 0.4) is 0 Å². The molecule has 0 amide bonds. The Balaban J connectivity index is 3.21. The SMILES string of the molecule is COC(=O)[C@@H](CO)[C@H]1[C@H](O)C[C@](C)(OC(C)=O)[C@H]1C(=O)O. The monoisotopic (exact) mass is 304 g/mol. The maximum atomic E-state index is 11.7. The number of aliphatic hydroxyl groups is 2. The molecule has 0 radical (unpaired) electrons. The highest BCUT2D eigenvalue weighted by atomic mass is 16.6. The highest BCUT2D eigenvalue weighted by Crippen LogP contribution is 2.46. The second-order valence-corrected chi connectivity index (χ2v) is 5.38. The number of carboxylic acid groups (broad SMARTS) is 1. The molecule has 0 aromatic rings. The van der Waals surface area contributed by atoms with Crippen LogP contribution in [0, 0.1) is 17.8 Å². The average Bonchev–Trinajstić information content (AvgIpc) is 2.60. The van der Waals surface area contributed by atoms with Crippen molar-refractivity contribution in [2.24, 2.45) is 17.8 Å². The number of aliphatic hydroxyl groups excluding tert-OH is 2. The smallest absolute Gasteiger partial charge is 0.311 e. The second kappa shape index (κ2) is 6.40. The van der Waals surface area contributed by atoms with E-state index in [1.807, 2.05) is 0 Å². The Bertz CT molecular complexity index is 434. The van der Waals surface area contributed by atoms with Crippen LogP contribution in [0.4, 0.5) is 0 Å². The molecule has 1 aliphatic rings. The summed E-state index contributed by atoms with van der Waals surface area (Å²) in [6.07, 6.45) is -1.35. The van der Waals surface area contributed by atoms with Gasteiger partial charge in [-0.25, -0.2) is 0 Å². The summed E-state index contributed by atoms with van der Waals surface area (Å²) in [6.45, 7) is 1.85. The van der Waals surface area contributed by atoms with Gasteiger partial charge in [0.15, 0.2) is 0 Å². The summed E-state index contributed by atoms with van der Waals surface area (Å²) in [7, 11) is 1.10.